The summed E-state index contributed by atoms with van der Waals surface area (Å²) in [6.45, 7) is 5.77. The number of fused-ring (bicyclic) bond motifs is 1. The summed E-state index contributed by atoms with van der Waals surface area (Å²) in [7, 11) is 0. The number of rotatable bonds is 1. The highest BCUT2D eigenvalue weighted by Crippen LogP contribution is 2.23. The van der Waals surface area contributed by atoms with Gasteiger partial charge in [-0.2, -0.15) is 0 Å². The summed E-state index contributed by atoms with van der Waals surface area (Å²) in [5, 5.41) is 0. The lowest BCUT2D eigenvalue weighted by atomic mass is 10.1. The summed E-state index contributed by atoms with van der Waals surface area (Å²) in [6.07, 6.45) is 0. The molecule has 3 heteroatoms. The molecule has 0 aromatic heterocycles. The highest BCUT2D eigenvalue weighted by atomic mass is 16.5. The van der Waals surface area contributed by atoms with E-state index in [4.69, 9.17) is 4.74 Å². The Morgan fingerprint density at radius 1 is 1.38 bits per heavy atom. The maximum atomic E-state index is 11.9. The van der Waals surface area contributed by atoms with Crippen molar-refractivity contribution in [2.24, 2.45) is 5.92 Å². The molecule has 0 fully saturated rings. The molecular formula is C13H17NO2. The molecule has 0 bridgehead atoms. The van der Waals surface area contributed by atoms with Crippen LogP contribution in [0.3, 0.4) is 0 Å². The minimum atomic E-state index is 0.0465. The number of amides is 1. The molecule has 1 aliphatic heterocycles. The molecule has 3 nitrogen and oxygen atoms in total. The van der Waals surface area contributed by atoms with Gasteiger partial charge in [0.05, 0.1) is 6.54 Å². The molecule has 0 N–H and O–H groups in total. The first-order chi connectivity index (χ1) is 7.68. The zero-order chi connectivity index (χ0) is 11.5. The molecule has 0 spiro atoms. The quantitative estimate of drug-likeness (QED) is 0.723. The van der Waals surface area contributed by atoms with Gasteiger partial charge in [0.25, 0.3) is 0 Å². The average molecular weight is 219 g/mol. The maximum Gasteiger partial charge on any atom is 0.225 e. The van der Waals surface area contributed by atoms with Gasteiger partial charge < -0.3 is 9.64 Å². The zero-order valence-electron chi connectivity index (χ0n) is 9.77. The van der Waals surface area contributed by atoms with Crippen molar-refractivity contribution < 1.29 is 9.53 Å². The second-order valence-electron chi connectivity index (χ2n) is 4.37. The van der Waals surface area contributed by atoms with Gasteiger partial charge in [-0.05, 0) is 6.07 Å². The van der Waals surface area contributed by atoms with E-state index in [0.29, 0.717) is 19.7 Å². The van der Waals surface area contributed by atoms with Crippen LogP contribution in [0.15, 0.2) is 24.3 Å². The van der Waals surface area contributed by atoms with Gasteiger partial charge in [0.2, 0.25) is 5.91 Å². The van der Waals surface area contributed by atoms with Crippen molar-refractivity contribution in [3.63, 3.8) is 0 Å². The molecule has 0 atom stereocenters. The van der Waals surface area contributed by atoms with Gasteiger partial charge in [0.15, 0.2) is 0 Å². The topological polar surface area (TPSA) is 29.5 Å². The molecule has 0 aliphatic carbocycles. The fraction of sp³-hybridized carbons (Fsp3) is 0.462. The van der Waals surface area contributed by atoms with E-state index >= 15 is 0 Å². The predicted octanol–water partition coefficient (Wildman–Crippen LogP) is 2.06. The normalized spacial score (nSPS) is 15.3. The molecule has 0 unspecified atom stereocenters. The minimum Gasteiger partial charge on any atom is -0.491 e. The van der Waals surface area contributed by atoms with Crippen molar-refractivity contribution in [2.45, 2.75) is 20.4 Å². The molecule has 1 amide bonds. The number of hydrogen-bond acceptors (Lipinski definition) is 2. The van der Waals surface area contributed by atoms with E-state index in [-0.39, 0.29) is 11.8 Å². The number of carbonyl (C=O) groups is 1. The molecular weight excluding hydrogens is 202 g/mol. The van der Waals surface area contributed by atoms with E-state index in [1.54, 1.807) is 0 Å². The summed E-state index contributed by atoms with van der Waals surface area (Å²) in [6, 6.07) is 7.91. The van der Waals surface area contributed by atoms with Crippen molar-refractivity contribution in [1.82, 2.24) is 4.90 Å². The average Bonchev–Trinajstić information content (AvgIpc) is 2.49. The molecule has 0 saturated heterocycles. The van der Waals surface area contributed by atoms with Crippen LogP contribution in [0.4, 0.5) is 0 Å². The molecule has 16 heavy (non-hydrogen) atoms. The Balaban J connectivity index is 2.20. The smallest absolute Gasteiger partial charge is 0.225 e. The van der Waals surface area contributed by atoms with Crippen LogP contribution in [0.5, 0.6) is 5.75 Å². The first-order valence-corrected chi connectivity index (χ1v) is 5.68. The number of para-hydroxylation sites is 1. The molecule has 2 rings (SSSR count). The summed E-state index contributed by atoms with van der Waals surface area (Å²) in [5.41, 5.74) is 1.09. The van der Waals surface area contributed by atoms with Gasteiger partial charge in [-0.3, -0.25) is 4.79 Å². The van der Waals surface area contributed by atoms with E-state index in [1.165, 1.54) is 0 Å². The first kappa shape index (κ1) is 11.0. The van der Waals surface area contributed by atoms with Crippen LogP contribution in [0, 0.1) is 5.92 Å². The summed E-state index contributed by atoms with van der Waals surface area (Å²) < 4.78 is 5.61. The van der Waals surface area contributed by atoms with Gasteiger partial charge in [-0.1, -0.05) is 32.0 Å². The largest absolute Gasteiger partial charge is 0.491 e. The Morgan fingerprint density at radius 2 is 2.12 bits per heavy atom. The van der Waals surface area contributed by atoms with Crippen LogP contribution in [0.2, 0.25) is 0 Å². The third-order valence-corrected chi connectivity index (χ3v) is 2.76. The minimum absolute atomic E-state index is 0.0465. The molecule has 1 aromatic carbocycles. The third-order valence-electron chi connectivity index (χ3n) is 2.76. The number of benzene rings is 1. The van der Waals surface area contributed by atoms with Gasteiger partial charge in [-0.15, -0.1) is 0 Å². The lowest BCUT2D eigenvalue weighted by Gasteiger charge is -2.21. The Labute approximate surface area is 96.0 Å². The van der Waals surface area contributed by atoms with Crippen LogP contribution in [0.1, 0.15) is 19.4 Å². The van der Waals surface area contributed by atoms with Crippen LogP contribution in [0.25, 0.3) is 0 Å². The number of nitrogens with zero attached hydrogens (tertiary/aromatic N) is 1. The van der Waals surface area contributed by atoms with Gasteiger partial charge in [-0.25, -0.2) is 0 Å². The van der Waals surface area contributed by atoms with Gasteiger partial charge in [0, 0.05) is 18.0 Å². The summed E-state index contributed by atoms with van der Waals surface area (Å²) in [5.74, 6) is 1.15. The zero-order valence-corrected chi connectivity index (χ0v) is 9.77. The van der Waals surface area contributed by atoms with Crippen molar-refractivity contribution in [1.29, 1.82) is 0 Å². The van der Waals surface area contributed by atoms with Crippen LogP contribution in [-0.2, 0) is 11.3 Å². The standard InChI is InChI=1S/C13H17NO2/c1-10(2)13(15)14-7-8-16-12-6-4-3-5-11(12)9-14/h3-6,10H,7-9H2,1-2H3. The highest BCUT2D eigenvalue weighted by Gasteiger charge is 2.21. The van der Waals surface area contributed by atoms with E-state index in [2.05, 4.69) is 0 Å². The van der Waals surface area contributed by atoms with Crippen molar-refractivity contribution in [3.05, 3.63) is 29.8 Å². The lowest BCUT2D eigenvalue weighted by molar-refractivity contribution is -0.135. The molecule has 1 aliphatic rings. The number of ether oxygens (including phenoxy) is 1. The molecule has 0 radical (unpaired) electrons. The predicted molar refractivity (Wildman–Crippen MR) is 62.2 cm³/mol. The second-order valence-corrected chi connectivity index (χ2v) is 4.37. The molecule has 1 heterocycles. The summed E-state index contributed by atoms with van der Waals surface area (Å²) in [4.78, 5) is 13.8. The Hall–Kier alpha value is -1.51. The van der Waals surface area contributed by atoms with Crippen LogP contribution in [-0.4, -0.2) is 24.0 Å². The van der Waals surface area contributed by atoms with Crippen molar-refractivity contribution in [3.8, 4) is 5.75 Å². The van der Waals surface area contributed by atoms with Gasteiger partial charge >= 0.3 is 0 Å². The Kier molecular flexibility index (Phi) is 3.13. The summed E-state index contributed by atoms with van der Waals surface area (Å²) >= 11 is 0. The molecule has 0 saturated carbocycles. The van der Waals surface area contributed by atoms with E-state index in [9.17, 15) is 4.79 Å². The molecule has 86 valence electrons. The Bertz CT molecular complexity index is 387. The highest BCUT2D eigenvalue weighted by molar-refractivity contribution is 5.78. The van der Waals surface area contributed by atoms with E-state index in [1.807, 2.05) is 43.0 Å². The van der Waals surface area contributed by atoms with E-state index < -0.39 is 0 Å². The van der Waals surface area contributed by atoms with Crippen LogP contribution >= 0.6 is 0 Å². The fourth-order valence-electron chi connectivity index (χ4n) is 1.88. The second kappa shape index (κ2) is 4.56. The number of carbonyl (C=O) groups excluding carboxylic acids is 1. The molecule has 1 aromatic rings. The Morgan fingerprint density at radius 3 is 2.88 bits per heavy atom. The monoisotopic (exact) mass is 219 g/mol. The van der Waals surface area contributed by atoms with Gasteiger partial charge in [0.1, 0.15) is 12.4 Å². The fourth-order valence-corrected chi connectivity index (χ4v) is 1.88. The third kappa shape index (κ3) is 2.18. The lowest BCUT2D eigenvalue weighted by Crippen LogP contribution is -2.35. The first-order valence-electron chi connectivity index (χ1n) is 5.68. The van der Waals surface area contributed by atoms with Crippen LogP contribution < -0.4 is 4.74 Å². The number of hydrogen-bond donors (Lipinski definition) is 0. The maximum absolute atomic E-state index is 11.9. The van der Waals surface area contributed by atoms with E-state index in [0.717, 1.165) is 11.3 Å². The van der Waals surface area contributed by atoms with Crippen molar-refractivity contribution >= 4 is 5.91 Å². The van der Waals surface area contributed by atoms with Crippen molar-refractivity contribution in [2.75, 3.05) is 13.2 Å². The SMILES string of the molecule is CC(C)C(=O)N1CCOc2ccccc2C1.